The molecule has 77 heavy (non-hydrogen) atoms. The molecule has 1 aliphatic heterocycles. The van der Waals surface area contributed by atoms with Crippen molar-refractivity contribution in [2.45, 2.75) is 397 Å². The Morgan fingerprint density at radius 2 is 0.727 bits per heavy atom. The van der Waals surface area contributed by atoms with Gasteiger partial charge in [-0.15, -0.1) is 0 Å². The fraction of sp³-hybridized carbons (Fsp3) is 0.955. The van der Waals surface area contributed by atoms with Crippen molar-refractivity contribution in [2.24, 2.45) is 0 Å². The van der Waals surface area contributed by atoms with Crippen LogP contribution in [0.4, 0.5) is 0 Å². The summed E-state index contributed by atoms with van der Waals surface area (Å²) in [5, 5.41) is 65.4. The van der Waals surface area contributed by atoms with Gasteiger partial charge in [-0.1, -0.05) is 321 Å². The first-order chi connectivity index (χ1) is 37.8. The van der Waals surface area contributed by atoms with Gasteiger partial charge in [-0.25, -0.2) is 0 Å². The minimum Gasteiger partial charge on any atom is -0.394 e. The van der Waals surface area contributed by atoms with Crippen LogP contribution in [0.2, 0.25) is 0 Å². The number of hydrogen-bond acceptors (Lipinski definition) is 9. The standard InChI is InChI=1S/C67H131NO9/c1-3-5-7-9-11-13-15-17-19-21-22-23-24-25-26-27-28-29-30-31-32-33-34-35-36-37-38-39-40-42-44-46-48-50-52-54-56-61(71)66(75)68-59(58-76-67-65(74)64(73)63(72)62(57-69)77-67)60(70)55-53-51-49-47-45-43-41-20-18-16-14-12-10-8-6-4-2/h29-30,59-65,67,69-74H,3-28,31-58H2,1-2H3,(H,68,75)/b30-29-. The van der Waals surface area contributed by atoms with Crippen LogP contribution in [-0.2, 0) is 14.3 Å². The molecule has 0 spiro atoms. The summed E-state index contributed by atoms with van der Waals surface area (Å²) in [5.74, 6) is -0.576. The van der Waals surface area contributed by atoms with Gasteiger partial charge in [-0.2, -0.15) is 0 Å². The summed E-state index contributed by atoms with van der Waals surface area (Å²) in [6.07, 6.45) is 61.7. The maximum Gasteiger partial charge on any atom is 0.249 e. The Morgan fingerprint density at radius 1 is 0.429 bits per heavy atom. The first kappa shape index (κ1) is 73.9. The van der Waals surface area contributed by atoms with E-state index in [-0.39, 0.29) is 6.61 Å². The molecule has 1 amide bonds. The first-order valence-electron chi connectivity index (χ1n) is 34.0. The van der Waals surface area contributed by atoms with E-state index < -0.39 is 61.5 Å². The average Bonchev–Trinajstić information content (AvgIpc) is 3.43. The summed E-state index contributed by atoms with van der Waals surface area (Å²) in [6, 6.07) is -0.892. The summed E-state index contributed by atoms with van der Waals surface area (Å²) in [5.41, 5.74) is 0. The van der Waals surface area contributed by atoms with E-state index in [2.05, 4.69) is 31.3 Å². The van der Waals surface area contributed by atoms with Crippen LogP contribution in [0.1, 0.15) is 348 Å². The van der Waals surface area contributed by atoms with Crippen LogP contribution in [0.5, 0.6) is 0 Å². The van der Waals surface area contributed by atoms with E-state index in [1.165, 1.54) is 283 Å². The molecule has 1 rings (SSSR count). The number of ether oxygens (including phenoxy) is 2. The van der Waals surface area contributed by atoms with E-state index >= 15 is 0 Å². The fourth-order valence-corrected chi connectivity index (χ4v) is 11.3. The lowest BCUT2D eigenvalue weighted by molar-refractivity contribution is -0.302. The topological polar surface area (TPSA) is 169 Å². The smallest absolute Gasteiger partial charge is 0.249 e. The van der Waals surface area contributed by atoms with Crippen molar-refractivity contribution in [1.82, 2.24) is 5.32 Å². The summed E-state index contributed by atoms with van der Waals surface area (Å²) in [6.45, 7) is 3.73. The van der Waals surface area contributed by atoms with Crippen molar-refractivity contribution >= 4 is 5.91 Å². The molecule has 7 N–H and O–H groups in total. The number of carbonyl (C=O) groups excluding carboxylic acids is 1. The highest BCUT2D eigenvalue weighted by Crippen LogP contribution is 2.24. The molecule has 458 valence electrons. The Morgan fingerprint density at radius 3 is 1.05 bits per heavy atom. The second-order valence-corrected chi connectivity index (χ2v) is 24.1. The molecule has 10 nitrogen and oxygen atoms in total. The molecule has 0 radical (unpaired) electrons. The molecule has 1 fully saturated rings. The molecule has 0 aromatic carbocycles. The molecule has 0 saturated carbocycles. The van der Waals surface area contributed by atoms with Crippen LogP contribution in [0.15, 0.2) is 12.2 Å². The van der Waals surface area contributed by atoms with Crippen molar-refractivity contribution in [1.29, 1.82) is 0 Å². The van der Waals surface area contributed by atoms with Crippen LogP contribution in [0.3, 0.4) is 0 Å². The molecule has 0 aliphatic carbocycles. The third kappa shape index (κ3) is 45.1. The highest BCUT2D eigenvalue weighted by Gasteiger charge is 2.44. The Bertz CT molecular complexity index is 1240. The molecular weight excluding hydrogens is 963 g/mol. The van der Waals surface area contributed by atoms with Crippen molar-refractivity contribution in [2.75, 3.05) is 13.2 Å². The molecule has 1 aliphatic rings. The third-order valence-electron chi connectivity index (χ3n) is 16.7. The van der Waals surface area contributed by atoms with E-state index in [9.17, 15) is 35.4 Å². The zero-order valence-electron chi connectivity index (χ0n) is 50.9. The first-order valence-corrected chi connectivity index (χ1v) is 34.0. The molecule has 1 saturated heterocycles. The molecule has 0 aromatic heterocycles. The number of carbonyl (C=O) groups is 1. The van der Waals surface area contributed by atoms with E-state index in [0.717, 1.165) is 38.5 Å². The second kappa shape index (κ2) is 56.7. The normalized spacial score (nSPS) is 19.1. The minimum absolute atomic E-state index is 0.251. The van der Waals surface area contributed by atoms with E-state index in [1.54, 1.807) is 0 Å². The minimum atomic E-state index is -1.60. The quantitative estimate of drug-likeness (QED) is 0.0232. The Balaban J connectivity index is 2.08. The summed E-state index contributed by atoms with van der Waals surface area (Å²) < 4.78 is 11.3. The van der Waals surface area contributed by atoms with Crippen molar-refractivity contribution in [3.8, 4) is 0 Å². The van der Waals surface area contributed by atoms with Crippen LogP contribution in [-0.4, -0.2) is 98.7 Å². The third-order valence-corrected chi connectivity index (χ3v) is 16.7. The van der Waals surface area contributed by atoms with Crippen LogP contribution >= 0.6 is 0 Å². The van der Waals surface area contributed by atoms with Gasteiger partial charge in [0, 0.05) is 0 Å². The van der Waals surface area contributed by atoms with Crippen LogP contribution < -0.4 is 5.32 Å². The highest BCUT2D eigenvalue weighted by molar-refractivity contribution is 5.80. The summed E-state index contributed by atoms with van der Waals surface area (Å²) >= 11 is 0. The largest absolute Gasteiger partial charge is 0.394 e. The van der Waals surface area contributed by atoms with Crippen LogP contribution in [0, 0.1) is 0 Å². The summed E-state index contributed by atoms with van der Waals surface area (Å²) in [7, 11) is 0. The highest BCUT2D eigenvalue weighted by atomic mass is 16.7. The number of unbranched alkanes of at least 4 members (excludes halogenated alkanes) is 47. The number of nitrogens with one attached hydrogen (secondary N) is 1. The van der Waals surface area contributed by atoms with Crippen molar-refractivity contribution < 1.29 is 44.9 Å². The number of aliphatic hydroxyl groups excluding tert-OH is 6. The van der Waals surface area contributed by atoms with E-state index in [1.807, 2.05) is 0 Å². The van der Waals surface area contributed by atoms with Gasteiger partial charge >= 0.3 is 0 Å². The lowest BCUT2D eigenvalue weighted by atomic mass is 9.99. The van der Waals surface area contributed by atoms with Gasteiger partial charge in [0.15, 0.2) is 6.29 Å². The van der Waals surface area contributed by atoms with Gasteiger partial charge in [0.05, 0.1) is 25.4 Å². The molecule has 0 aromatic rings. The number of rotatable bonds is 60. The van der Waals surface area contributed by atoms with Crippen molar-refractivity contribution in [3.63, 3.8) is 0 Å². The average molecular weight is 1090 g/mol. The second-order valence-electron chi connectivity index (χ2n) is 24.1. The zero-order valence-corrected chi connectivity index (χ0v) is 50.9. The summed E-state index contributed by atoms with van der Waals surface area (Å²) in [4.78, 5) is 13.2. The van der Waals surface area contributed by atoms with Gasteiger partial charge in [0.1, 0.15) is 30.5 Å². The fourth-order valence-electron chi connectivity index (χ4n) is 11.3. The zero-order chi connectivity index (χ0) is 55.9. The lowest BCUT2D eigenvalue weighted by Gasteiger charge is -2.40. The maximum atomic E-state index is 13.2. The van der Waals surface area contributed by atoms with Gasteiger partial charge in [0.25, 0.3) is 0 Å². The number of amides is 1. The Kier molecular flexibility index (Phi) is 54.5. The van der Waals surface area contributed by atoms with E-state index in [4.69, 9.17) is 9.47 Å². The van der Waals surface area contributed by atoms with Gasteiger partial charge < -0.3 is 45.4 Å². The Labute approximate surface area is 476 Å². The molecule has 10 heteroatoms. The molecule has 0 bridgehead atoms. The van der Waals surface area contributed by atoms with Gasteiger partial charge in [0.2, 0.25) is 5.91 Å². The number of allylic oxidation sites excluding steroid dienone is 2. The van der Waals surface area contributed by atoms with Gasteiger partial charge in [-0.05, 0) is 38.5 Å². The molecule has 8 atom stereocenters. The SMILES string of the molecule is CCCCCCCCCCCCCCCCCC/C=C\CCCCCCCCCCCCCCCCCCC(O)C(=O)NC(COC1OC(CO)C(O)C(O)C1O)C(O)CCCCCCCCCCCCCCCCCC. The Hall–Kier alpha value is -1.11. The molecule has 8 unspecified atom stereocenters. The predicted octanol–water partition coefficient (Wildman–Crippen LogP) is 16.9. The maximum absolute atomic E-state index is 13.2. The number of aliphatic hydroxyl groups is 6. The van der Waals surface area contributed by atoms with Crippen LogP contribution in [0.25, 0.3) is 0 Å². The predicted molar refractivity (Wildman–Crippen MR) is 324 cm³/mol. The lowest BCUT2D eigenvalue weighted by Crippen LogP contribution is -2.60. The van der Waals surface area contributed by atoms with E-state index in [0.29, 0.717) is 12.8 Å². The molecule has 1 heterocycles. The van der Waals surface area contributed by atoms with Crippen molar-refractivity contribution in [3.05, 3.63) is 12.2 Å². The number of hydrogen-bond donors (Lipinski definition) is 7. The molecular formula is C67H131NO9. The van der Waals surface area contributed by atoms with Gasteiger partial charge in [-0.3, -0.25) is 4.79 Å². The monoisotopic (exact) mass is 1090 g/mol.